The van der Waals surface area contributed by atoms with Crippen molar-refractivity contribution in [1.29, 1.82) is 0 Å². The van der Waals surface area contributed by atoms with E-state index in [0.29, 0.717) is 18.1 Å². The van der Waals surface area contributed by atoms with Crippen molar-refractivity contribution in [1.82, 2.24) is 15.2 Å². The number of benzene rings is 1. The third kappa shape index (κ3) is 3.28. The third-order valence-corrected chi connectivity index (χ3v) is 5.08. The van der Waals surface area contributed by atoms with Gasteiger partial charge >= 0.3 is 0 Å². The molecule has 0 saturated carbocycles. The van der Waals surface area contributed by atoms with Crippen LogP contribution in [0.5, 0.6) is 5.75 Å². The fourth-order valence-electron chi connectivity index (χ4n) is 3.54. The van der Waals surface area contributed by atoms with Gasteiger partial charge in [0.2, 0.25) is 0 Å². The summed E-state index contributed by atoms with van der Waals surface area (Å²) in [6.45, 7) is 4.78. The van der Waals surface area contributed by atoms with Crippen molar-refractivity contribution in [3.05, 3.63) is 53.5 Å². The predicted molar refractivity (Wildman–Crippen MR) is 102 cm³/mol. The normalized spacial score (nSPS) is 16.7. The molecule has 3 heterocycles. The maximum atomic E-state index is 13.1. The molecule has 0 spiro atoms. The zero-order valence-corrected chi connectivity index (χ0v) is 16.2. The molecule has 0 N–H and O–H groups in total. The Morgan fingerprint density at radius 2 is 2.04 bits per heavy atom. The number of carbonyl (C=O) groups excluding carboxylic acids is 1. The number of aromatic nitrogens is 2. The molecule has 7 nitrogen and oxygen atoms in total. The van der Waals surface area contributed by atoms with Crippen LogP contribution < -0.4 is 4.74 Å². The quantitative estimate of drug-likeness (QED) is 0.650. The molecule has 1 aliphatic rings. The lowest BCUT2D eigenvalue weighted by molar-refractivity contribution is 0.0704. The van der Waals surface area contributed by atoms with Crippen LogP contribution >= 0.6 is 0 Å². The fourth-order valence-corrected chi connectivity index (χ4v) is 3.54. The van der Waals surface area contributed by atoms with Crippen LogP contribution in [0.25, 0.3) is 11.3 Å². The summed E-state index contributed by atoms with van der Waals surface area (Å²) in [5.74, 6) is 2.00. The minimum atomic E-state index is -0.171. The number of hydrogen-bond acceptors (Lipinski definition) is 6. The number of carbonyl (C=O) groups is 1. The van der Waals surface area contributed by atoms with Crippen molar-refractivity contribution in [2.75, 3.05) is 13.7 Å². The maximum Gasteiger partial charge on any atom is 0.276 e. The van der Waals surface area contributed by atoms with E-state index >= 15 is 0 Å². The van der Waals surface area contributed by atoms with E-state index < -0.39 is 0 Å². The Balaban J connectivity index is 1.58. The molecule has 3 aromatic rings. The molecule has 1 saturated heterocycles. The molecule has 1 unspecified atom stereocenters. The number of hydrogen-bond donors (Lipinski definition) is 0. The molecular formula is C21H23N3O4. The smallest absolute Gasteiger partial charge is 0.276 e. The molecule has 7 heteroatoms. The van der Waals surface area contributed by atoms with Gasteiger partial charge in [0.25, 0.3) is 5.91 Å². The van der Waals surface area contributed by atoms with Crippen molar-refractivity contribution < 1.29 is 18.6 Å². The van der Waals surface area contributed by atoms with Gasteiger partial charge in [-0.05, 0) is 30.9 Å². The summed E-state index contributed by atoms with van der Waals surface area (Å²) in [6, 6.07) is 11.0. The fraction of sp³-hybridized carbons (Fsp3) is 0.381. The Kier molecular flexibility index (Phi) is 4.90. The number of ether oxygens (including phenoxy) is 1. The van der Waals surface area contributed by atoms with Gasteiger partial charge in [0.1, 0.15) is 5.75 Å². The molecule has 0 radical (unpaired) electrons. The monoisotopic (exact) mass is 381 g/mol. The van der Waals surface area contributed by atoms with Crippen LogP contribution in [0.15, 0.2) is 45.4 Å². The standard InChI is InChI=1S/C21H23N3O4/c1-13(2)15-11-20(28-22-15)17-8-6-10-24(17)21(25)16-12-19(27-23-16)14-7-4-5-9-18(14)26-3/h4-5,7,9,11-13,17H,6,8,10H2,1-3H3. The van der Waals surface area contributed by atoms with Crippen molar-refractivity contribution in [2.24, 2.45) is 0 Å². The highest BCUT2D eigenvalue weighted by Gasteiger charge is 2.35. The molecule has 0 aliphatic carbocycles. The lowest BCUT2D eigenvalue weighted by atomic mass is 10.1. The molecular weight excluding hydrogens is 358 g/mol. The highest BCUT2D eigenvalue weighted by Crippen LogP contribution is 2.35. The minimum Gasteiger partial charge on any atom is -0.496 e. The van der Waals surface area contributed by atoms with Gasteiger partial charge in [0.05, 0.1) is 24.4 Å². The van der Waals surface area contributed by atoms with Crippen molar-refractivity contribution >= 4 is 5.91 Å². The van der Waals surface area contributed by atoms with Crippen LogP contribution in [0, 0.1) is 0 Å². The molecule has 1 fully saturated rings. The Bertz CT molecular complexity index is 975. The largest absolute Gasteiger partial charge is 0.496 e. The third-order valence-electron chi connectivity index (χ3n) is 5.08. The molecule has 1 amide bonds. The number of amides is 1. The van der Waals surface area contributed by atoms with Gasteiger partial charge in [-0.3, -0.25) is 4.79 Å². The molecule has 1 atom stereocenters. The first-order chi connectivity index (χ1) is 13.6. The Labute approximate surface area is 163 Å². The maximum absolute atomic E-state index is 13.1. The van der Waals surface area contributed by atoms with Crippen LogP contribution in [0.2, 0.25) is 0 Å². The SMILES string of the molecule is COc1ccccc1-c1cc(C(=O)N2CCCC2c2cc(C(C)C)no2)no1. The summed E-state index contributed by atoms with van der Waals surface area (Å²) in [5.41, 5.74) is 1.93. The van der Waals surface area contributed by atoms with E-state index in [2.05, 4.69) is 24.2 Å². The van der Waals surface area contributed by atoms with Crippen LogP contribution in [0.4, 0.5) is 0 Å². The molecule has 146 valence electrons. The van der Waals surface area contributed by atoms with Crippen LogP contribution in [-0.4, -0.2) is 34.8 Å². The second-order valence-corrected chi connectivity index (χ2v) is 7.24. The van der Waals surface area contributed by atoms with Crippen LogP contribution in [0.1, 0.15) is 60.6 Å². The number of para-hydroxylation sites is 1. The van der Waals surface area contributed by atoms with Crippen LogP contribution in [0.3, 0.4) is 0 Å². The van der Waals surface area contributed by atoms with Crippen molar-refractivity contribution in [2.45, 2.75) is 38.6 Å². The number of rotatable bonds is 5. The summed E-state index contributed by atoms with van der Waals surface area (Å²) < 4.78 is 16.3. The highest BCUT2D eigenvalue weighted by molar-refractivity contribution is 5.93. The van der Waals surface area contributed by atoms with Gasteiger partial charge in [-0.25, -0.2) is 0 Å². The van der Waals surface area contributed by atoms with E-state index in [4.69, 9.17) is 13.8 Å². The Morgan fingerprint density at radius 3 is 2.79 bits per heavy atom. The summed E-state index contributed by atoms with van der Waals surface area (Å²) in [4.78, 5) is 14.9. The van der Waals surface area contributed by atoms with Crippen LogP contribution in [-0.2, 0) is 0 Å². The van der Waals surface area contributed by atoms with E-state index in [0.717, 1.165) is 29.9 Å². The predicted octanol–water partition coefficient (Wildman–Crippen LogP) is 4.44. The van der Waals surface area contributed by atoms with E-state index in [-0.39, 0.29) is 23.6 Å². The molecule has 0 bridgehead atoms. The first kappa shape index (κ1) is 18.3. The van der Waals surface area contributed by atoms with Crippen molar-refractivity contribution in [3.63, 3.8) is 0 Å². The van der Waals surface area contributed by atoms with E-state index in [1.54, 1.807) is 18.1 Å². The molecule has 28 heavy (non-hydrogen) atoms. The van der Waals surface area contributed by atoms with Gasteiger partial charge in [-0.2, -0.15) is 0 Å². The van der Waals surface area contributed by atoms with Gasteiger partial charge in [-0.15, -0.1) is 0 Å². The lowest BCUT2D eigenvalue weighted by Crippen LogP contribution is -2.30. The lowest BCUT2D eigenvalue weighted by Gasteiger charge is -2.21. The van der Waals surface area contributed by atoms with E-state index in [9.17, 15) is 4.79 Å². The van der Waals surface area contributed by atoms with E-state index in [1.807, 2.05) is 30.3 Å². The number of likely N-dealkylation sites (tertiary alicyclic amines) is 1. The summed E-state index contributed by atoms with van der Waals surface area (Å²) in [6.07, 6.45) is 1.75. The van der Waals surface area contributed by atoms with Gasteiger partial charge < -0.3 is 18.7 Å². The molecule has 2 aromatic heterocycles. The first-order valence-electron chi connectivity index (χ1n) is 9.46. The number of nitrogens with zero attached hydrogens (tertiary/aromatic N) is 3. The summed E-state index contributed by atoms with van der Waals surface area (Å²) in [7, 11) is 1.60. The second kappa shape index (κ2) is 7.50. The summed E-state index contributed by atoms with van der Waals surface area (Å²) in [5, 5.41) is 8.13. The van der Waals surface area contributed by atoms with Gasteiger partial charge in [0.15, 0.2) is 17.2 Å². The zero-order chi connectivity index (χ0) is 19.7. The Morgan fingerprint density at radius 1 is 1.21 bits per heavy atom. The van der Waals surface area contributed by atoms with E-state index in [1.165, 1.54) is 0 Å². The molecule has 1 aliphatic heterocycles. The van der Waals surface area contributed by atoms with Crippen molar-refractivity contribution in [3.8, 4) is 17.1 Å². The zero-order valence-electron chi connectivity index (χ0n) is 16.2. The summed E-state index contributed by atoms with van der Waals surface area (Å²) >= 11 is 0. The molecule has 4 rings (SSSR count). The van der Waals surface area contributed by atoms with Gasteiger partial charge in [-0.1, -0.05) is 36.3 Å². The highest BCUT2D eigenvalue weighted by atomic mass is 16.5. The first-order valence-corrected chi connectivity index (χ1v) is 9.46. The number of methoxy groups -OCH3 is 1. The average molecular weight is 381 g/mol. The Hall–Kier alpha value is -3.09. The average Bonchev–Trinajstić information content (AvgIpc) is 3.47. The van der Waals surface area contributed by atoms with Gasteiger partial charge in [0, 0.05) is 18.7 Å². The second-order valence-electron chi connectivity index (χ2n) is 7.24. The molecule has 1 aromatic carbocycles. The minimum absolute atomic E-state index is 0.126. The topological polar surface area (TPSA) is 81.6 Å².